The van der Waals surface area contributed by atoms with Crippen molar-refractivity contribution >= 4 is 15.9 Å². The number of rotatable bonds is 6. The number of halogens is 5. The second kappa shape index (κ2) is 7.83. The molecule has 30 heavy (non-hydrogen) atoms. The van der Waals surface area contributed by atoms with E-state index in [0.29, 0.717) is 5.56 Å². The van der Waals surface area contributed by atoms with Gasteiger partial charge < -0.3 is 14.9 Å². The van der Waals surface area contributed by atoms with Gasteiger partial charge in [-0.3, -0.25) is 0 Å². The molecule has 0 saturated heterocycles. The van der Waals surface area contributed by atoms with Gasteiger partial charge in [-0.25, -0.2) is 0 Å². The Morgan fingerprint density at radius 1 is 0.667 bits per heavy atom. The first-order valence-electron chi connectivity index (χ1n) is 8.76. The van der Waals surface area contributed by atoms with Crippen LogP contribution in [0.25, 0.3) is 0 Å². The molecule has 0 amide bonds. The van der Waals surface area contributed by atoms with E-state index in [1.54, 1.807) is 40.2 Å². The summed E-state index contributed by atoms with van der Waals surface area (Å²) in [5, 5.41) is 19.2. The fourth-order valence-corrected chi connectivity index (χ4v) is 3.23. The molecular weight excluding hydrogens is 468 g/mol. The van der Waals surface area contributed by atoms with Crippen molar-refractivity contribution in [3.63, 3.8) is 0 Å². The van der Waals surface area contributed by atoms with Gasteiger partial charge in [-0.2, -0.15) is 17.6 Å². The molecule has 0 unspecified atom stereocenters. The highest BCUT2D eigenvalue weighted by Crippen LogP contribution is 2.43. The van der Waals surface area contributed by atoms with Crippen LogP contribution in [0.3, 0.4) is 0 Å². The van der Waals surface area contributed by atoms with Crippen LogP contribution in [-0.4, -0.2) is 21.2 Å². The van der Waals surface area contributed by atoms with Crippen LogP contribution in [0.2, 0.25) is 0 Å². The Morgan fingerprint density at radius 3 is 1.33 bits per heavy atom. The first-order chi connectivity index (χ1) is 13.9. The third kappa shape index (κ3) is 4.23. The number of aromatic hydroxyl groups is 2. The predicted molar refractivity (Wildman–Crippen MR) is 108 cm³/mol. The van der Waals surface area contributed by atoms with Gasteiger partial charge in [0.25, 0.3) is 0 Å². The highest BCUT2D eigenvalue weighted by Gasteiger charge is 2.57. The summed E-state index contributed by atoms with van der Waals surface area (Å²) in [5.41, 5.74) is 1.40. The molecule has 158 valence electrons. The summed E-state index contributed by atoms with van der Waals surface area (Å²) in [6.07, 6.45) is -4.73. The van der Waals surface area contributed by atoms with Crippen molar-refractivity contribution < 1.29 is 32.5 Å². The van der Waals surface area contributed by atoms with Crippen LogP contribution in [0.1, 0.15) is 23.6 Å². The molecule has 0 fully saturated rings. The van der Waals surface area contributed by atoms with E-state index in [1.165, 1.54) is 48.5 Å². The Labute approximate surface area is 178 Å². The van der Waals surface area contributed by atoms with Crippen molar-refractivity contribution in [2.45, 2.75) is 23.3 Å². The summed E-state index contributed by atoms with van der Waals surface area (Å²) in [4.78, 5) is -4.52. The Morgan fingerprint density at radius 2 is 1.00 bits per heavy atom. The van der Waals surface area contributed by atoms with Crippen molar-refractivity contribution in [2.75, 3.05) is 0 Å². The van der Waals surface area contributed by atoms with Crippen molar-refractivity contribution in [2.24, 2.45) is 0 Å². The van der Waals surface area contributed by atoms with Gasteiger partial charge in [-0.15, -0.1) is 0 Å². The molecule has 3 rings (SSSR count). The third-order valence-corrected chi connectivity index (χ3v) is 5.36. The van der Waals surface area contributed by atoms with Gasteiger partial charge in [-0.1, -0.05) is 36.4 Å². The summed E-state index contributed by atoms with van der Waals surface area (Å²) in [7, 11) is 0. The molecule has 0 saturated carbocycles. The van der Waals surface area contributed by atoms with Gasteiger partial charge in [0.05, 0.1) is 0 Å². The van der Waals surface area contributed by atoms with Crippen molar-refractivity contribution in [3.8, 4) is 17.2 Å². The smallest absolute Gasteiger partial charge is 0.475 e. The zero-order valence-corrected chi connectivity index (χ0v) is 17.2. The maximum atomic E-state index is 13.5. The lowest BCUT2D eigenvalue weighted by Gasteiger charge is -2.32. The number of phenols is 2. The molecule has 0 radical (unpaired) electrons. The average Bonchev–Trinajstić information content (AvgIpc) is 2.68. The molecule has 0 aliphatic carbocycles. The number of alkyl halides is 5. The van der Waals surface area contributed by atoms with E-state index in [1.807, 2.05) is 6.92 Å². The summed E-state index contributed by atoms with van der Waals surface area (Å²) in [5.74, 6) is -0.274. The molecule has 0 aliphatic heterocycles. The minimum absolute atomic E-state index is 0.0773. The SMILES string of the molecule is CC(c1ccc(O)cc1)(c1ccc(O)cc1)c1ccc(OC(F)(F)C(F)(F)Br)cc1. The molecule has 3 aromatic carbocycles. The van der Waals surface area contributed by atoms with E-state index in [9.17, 15) is 27.8 Å². The van der Waals surface area contributed by atoms with Crippen LogP contribution in [0, 0.1) is 0 Å². The first kappa shape index (κ1) is 22.0. The molecule has 0 aliphatic rings. The molecule has 8 heteroatoms. The second-order valence-corrected chi connectivity index (χ2v) is 7.86. The van der Waals surface area contributed by atoms with E-state index in [2.05, 4.69) is 4.74 Å². The Kier molecular flexibility index (Phi) is 5.73. The molecule has 3 nitrogen and oxygen atoms in total. The lowest BCUT2D eigenvalue weighted by molar-refractivity contribution is -0.266. The number of phenolic OH excluding ortho intramolecular Hbond substituents is 2. The molecule has 0 spiro atoms. The van der Waals surface area contributed by atoms with E-state index in [0.717, 1.165) is 11.1 Å². The molecule has 3 aromatic rings. The normalized spacial score (nSPS) is 12.6. The first-order valence-corrected chi connectivity index (χ1v) is 9.56. The summed E-state index contributed by atoms with van der Waals surface area (Å²) >= 11 is 1.63. The zero-order chi connectivity index (χ0) is 22.2. The summed E-state index contributed by atoms with van der Waals surface area (Å²) in [6, 6.07) is 18.3. The Balaban J connectivity index is 2.04. The fraction of sp³-hybridized carbons (Fsp3) is 0.182. The van der Waals surface area contributed by atoms with E-state index in [-0.39, 0.29) is 11.5 Å². The lowest BCUT2D eigenvalue weighted by Crippen LogP contribution is -2.40. The van der Waals surface area contributed by atoms with Gasteiger partial charge in [0.1, 0.15) is 17.2 Å². The molecule has 0 heterocycles. The fourth-order valence-electron chi connectivity index (χ4n) is 3.15. The molecule has 0 aromatic heterocycles. The number of benzene rings is 3. The van der Waals surface area contributed by atoms with E-state index >= 15 is 0 Å². The van der Waals surface area contributed by atoms with E-state index < -0.39 is 22.1 Å². The Hall–Kier alpha value is -2.74. The molecule has 0 bridgehead atoms. The van der Waals surface area contributed by atoms with Crippen LogP contribution in [0.5, 0.6) is 17.2 Å². The quantitative estimate of drug-likeness (QED) is 0.241. The van der Waals surface area contributed by atoms with E-state index in [4.69, 9.17) is 0 Å². The van der Waals surface area contributed by atoms with Gasteiger partial charge in [-0.05, 0) is 60.0 Å². The van der Waals surface area contributed by atoms with Crippen LogP contribution in [0.4, 0.5) is 17.6 Å². The van der Waals surface area contributed by atoms with Gasteiger partial charge in [0.2, 0.25) is 0 Å². The minimum Gasteiger partial charge on any atom is -0.508 e. The highest BCUT2D eigenvalue weighted by molar-refractivity contribution is 9.10. The molecule has 0 atom stereocenters. The minimum atomic E-state index is -4.73. The van der Waals surface area contributed by atoms with Crippen molar-refractivity contribution in [1.29, 1.82) is 0 Å². The number of ether oxygens (including phenoxy) is 1. The largest absolute Gasteiger partial charge is 0.508 e. The molecule has 2 N–H and O–H groups in total. The van der Waals surface area contributed by atoms with Crippen LogP contribution < -0.4 is 4.74 Å². The van der Waals surface area contributed by atoms with Crippen molar-refractivity contribution in [3.05, 3.63) is 89.5 Å². The second-order valence-electron chi connectivity index (χ2n) is 6.86. The number of hydrogen-bond donors (Lipinski definition) is 2. The van der Waals surface area contributed by atoms with Crippen LogP contribution >= 0.6 is 15.9 Å². The van der Waals surface area contributed by atoms with Crippen LogP contribution in [-0.2, 0) is 5.41 Å². The average molecular weight is 485 g/mol. The monoisotopic (exact) mass is 484 g/mol. The predicted octanol–water partition coefficient (Wildman–Crippen LogP) is 6.41. The topological polar surface area (TPSA) is 49.7 Å². The standard InChI is InChI=1S/C22H17BrF4O3/c1-20(14-2-8-17(28)9-3-14,15-4-10-18(29)11-5-15)16-6-12-19(13-7-16)30-22(26,27)21(23,24)25/h2-13,28-29H,1H3. The maximum absolute atomic E-state index is 13.5. The van der Waals surface area contributed by atoms with Gasteiger partial charge in [0.15, 0.2) is 0 Å². The third-order valence-electron chi connectivity index (χ3n) is 4.90. The number of hydrogen-bond acceptors (Lipinski definition) is 3. The van der Waals surface area contributed by atoms with Crippen LogP contribution in [0.15, 0.2) is 72.8 Å². The van der Waals surface area contributed by atoms with Gasteiger partial charge in [0, 0.05) is 21.3 Å². The molecular formula is C22H17BrF4O3. The lowest BCUT2D eigenvalue weighted by atomic mass is 9.71. The maximum Gasteiger partial charge on any atom is 0.475 e. The Bertz CT molecular complexity index is 953. The zero-order valence-electron chi connectivity index (χ0n) is 15.6. The van der Waals surface area contributed by atoms with Gasteiger partial charge >= 0.3 is 10.9 Å². The van der Waals surface area contributed by atoms with Crippen molar-refractivity contribution in [1.82, 2.24) is 0 Å². The summed E-state index contributed by atoms with van der Waals surface area (Å²) in [6.45, 7) is 1.88. The highest BCUT2D eigenvalue weighted by atomic mass is 79.9. The summed E-state index contributed by atoms with van der Waals surface area (Å²) < 4.78 is 57.1.